The van der Waals surface area contributed by atoms with Gasteiger partial charge in [-0.3, -0.25) is 32.5 Å². The Hall–Kier alpha value is -0.648. The molecule has 7 atom stereocenters. The van der Waals surface area contributed by atoms with Crippen molar-refractivity contribution in [2.24, 2.45) is 5.41 Å². The number of hydrogen-bond donors (Lipinski definition) is 9. The van der Waals surface area contributed by atoms with Gasteiger partial charge in [0.2, 0.25) is 11.8 Å². The monoisotopic (exact) mass is 830 g/mol. The third-order valence-electron chi connectivity index (χ3n) is 6.81. The summed E-state index contributed by atoms with van der Waals surface area (Å²) < 4.78 is 61.8. The number of carbonyl (C=O) groups excluding carboxylic acids is 3. The summed E-state index contributed by atoms with van der Waals surface area (Å²) in [6, 6.07) is 0. The zero-order valence-corrected chi connectivity index (χ0v) is 33.6. The Kier molecular flexibility index (Phi) is 22.2. The van der Waals surface area contributed by atoms with E-state index in [9.17, 15) is 57.9 Å². The van der Waals surface area contributed by atoms with E-state index in [-0.39, 0.29) is 98.2 Å². The number of nitrogen functional groups attached to an aromatic ring is 1. The summed E-state index contributed by atoms with van der Waals surface area (Å²) in [5.41, 5.74) is 4.26. The third-order valence-corrected chi connectivity index (χ3v) is 10.7. The molecule has 24 nitrogen and oxygen atoms in total. The minimum atomic E-state index is -5.56. The quantitative estimate of drug-likeness (QED) is 0.0403. The predicted molar refractivity (Wildman–Crippen MR) is 190 cm³/mol. The van der Waals surface area contributed by atoms with E-state index in [1.807, 2.05) is 0 Å². The molecule has 3 heterocycles. The zero-order valence-electron chi connectivity index (χ0n) is 30.1. The molecule has 10 N–H and O–H groups in total. The number of carbonyl (C=O) groups is 3. The molecule has 0 aliphatic carbocycles. The number of aliphatic hydroxyl groups is 2. The molecule has 2 amide bonds. The molecule has 2 aromatic heterocycles. The van der Waals surface area contributed by atoms with Gasteiger partial charge < -0.3 is 50.9 Å². The van der Waals surface area contributed by atoms with E-state index in [1.54, 1.807) is 0 Å². The maximum Gasteiger partial charge on any atom is 0.481 e. The van der Waals surface area contributed by atoms with Crippen molar-refractivity contribution in [3.05, 3.63) is 12.7 Å². The topological polar surface area (TPSA) is 364 Å². The van der Waals surface area contributed by atoms with Crippen molar-refractivity contribution < 1.29 is 80.5 Å². The number of fused-ring (bicyclic) bond motifs is 1. The molecule has 1 aliphatic heterocycles. The van der Waals surface area contributed by atoms with Crippen LogP contribution < -0.4 is 16.4 Å². The fraction of sp³-hybridized carbons (Fsp3) is 0.652. The largest absolute Gasteiger partial charge is 0.481 e. The molecule has 0 aromatic carbocycles. The molecule has 2 aromatic rings. The number of phosphoric ester groups is 3. The third kappa shape index (κ3) is 16.3. The maximum absolute atomic E-state index is 12.6. The van der Waals surface area contributed by atoms with Gasteiger partial charge in [-0.2, -0.15) is 4.31 Å². The fourth-order valence-corrected chi connectivity index (χ4v) is 7.65. The molecule has 3 radical (unpaired) electrons. The molecule has 1 saturated heterocycles. The van der Waals surface area contributed by atoms with Gasteiger partial charge in [-0.25, -0.2) is 28.6 Å². The number of nitrogens with two attached hydrogens (primary N) is 1. The fourth-order valence-electron chi connectivity index (χ4n) is 4.32. The zero-order chi connectivity index (χ0) is 38.4. The average Bonchev–Trinajstić information content (AvgIpc) is 3.57. The van der Waals surface area contributed by atoms with Crippen LogP contribution >= 0.6 is 35.2 Å². The van der Waals surface area contributed by atoms with E-state index in [2.05, 4.69) is 34.4 Å². The standard InChI is InChI=1S/C23H38N7O17P3S.3Li/c1-12(31)51-7-6-25-14(32)4-5-26-21(35)18(34)23(2,3)9-44-50(41,42)47-49(39,40)43-8-13-17(46-48(36,37)38)16(33)22(45-13)30-11-29-15-19(24)27-10-28-20(15)30;;;/h10-11,13,16-18,22,33-34H,4-9H2,1-3H3,(H,25,32)(H,26,35)(H,39,40)(H,41,42)(H2,24,27,28)(H2,36,37,38);;;. The number of rotatable bonds is 19. The van der Waals surface area contributed by atoms with Gasteiger partial charge in [-0.05, 0) is 0 Å². The summed E-state index contributed by atoms with van der Waals surface area (Å²) >= 11 is 1.03. The van der Waals surface area contributed by atoms with E-state index >= 15 is 0 Å². The normalized spacial score (nSPS) is 21.4. The van der Waals surface area contributed by atoms with Crippen molar-refractivity contribution in [2.45, 2.75) is 57.8 Å². The summed E-state index contributed by atoms with van der Waals surface area (Å²) in [6.07, 6.45) is -6.88. The Morgan fingerprint density at radius 1 is 1.04 bits per heavy atom. The van der Waals surface area contributed by atoms with Crippen molar-refractivity contribution in [1.82, 2.24) is 30.2 Å². The first kappa shape index (κ1) is 53.4. The number of aliphatic hydroxyl groups excluding tert-OH is 2. The van der Waals surface area contributed by atoms with Gasteiger partial charge in [0.05, 0.1) is 19.5 Å². The Balaban J connectivity index is 0.00000936. The van der Waals surface area contributed by atoms with Crippen LogP contribution in [-0.4, -0.2) is 179 Å². The van der Waals surface area contributed by atoms with E-state index in [0.29, 0.717) is 5.75 Å². The minimum absolute atomic E-state index is 0. The Labute approximate surface area is 348 Å². The first-order chi connectivity index (χ1) is 23.5. The number of thioether (sulfide) groups is 1. The number of phosphoric acid groups is 3. The first-order valence-electron chi connectivity index (χ1n) is 14.5. The van der Waals surface area contributed by atoms with Gasteiger partial charge in [-0.15, -0.1) is 0 Å². The number of aromatic nitrogens is 4. The predicted octanol–water partition coefficient (Wildman–Crippen LogP) is -2.46. The number of nitrogens with one attached hydrogen (secondary N) is 2. The molecule has 291 valence electrons. The van der Waals surface area contributed by atoms with Crippen LogP contribution in [0.2, 0.25) is 0 Å². The van der Waals surface area contributed by atoms with E-state index in [4.69, 9.17) is 19.5 Å². The summed E-state index contributed by atoms with van der Waals surface area (Å²) in [4.78, 5) is 85.9. The minimum Gasteiger partial charge on any atom is -0.386 e. The van der Waals surface area contributed by atoms with Crippen molar-refractivity contribution in [3.63, 3.8) is 0 Å². The van der Waals surface area contributed by atoms with Crippen molar-refractivity contribution >= 4 is 126 Å². The van der Waals surface area contributed by atoms with Crippen LogP contribution in [-0.2, 0) is 50.7 Å². The second-order valence-electron chi connectivity index (χ2n) is 11.4. The van der Waals surface area contributed by atoms with Crippen LogP contribution in [0.25, 0.3) is 11.2 Å². The summed E-state index contributed by atoms with van der Waals surface area (Å²) in [5, 5.41) is 26.1. The SMILES string of the molecule is CC(=O)SCCNC(=O)CCNC(=O)C(O)C(C)(C)COP(=O)(O)OP(=O)(O)OCC1OC(n2cnc3c(N)ncnc32)C(O)C1OP(=O)(O)O.[Li].[Li].[Li]. The van der Waals surface area contributed by atoms with Crippen LogP contribution in [0.4, 0.5) is 5.82 Å². The Morgan fingerprint density at radius 2 is 1.67 bits per heavy atom. The number of amides is 2. The van der Waals surface area contributed by atoms with E-state index < -0.39 is 84.6 Å². The molecule has 54 heavy (non-hydrogen) atoms. The molecule has 0 bridgehead atoms. The molecule has 31 heteroatoms. The molecular weight excluding hydrogens is 792 g/mol. The van der Waals surface area contributed by atoms with Crippen molar-refractivity contribution in [2.75, 3.05) is 37.8 Å². The van der Waals surface area contributed by atoms with Gasteiger partial charge in [0, 0.05) is 94.2 Å². The molecule has 0 saturated carbocycles. The molecular formula is C23H38Li3N7O17P3S. The Morgan fingerprint density at radius 3 is 2.28 bits per heavy atom. The van der Waals surface area contributed by atoms with Crippen LogP contribution in [0.5, 0.6) is 0 Å². The first-order valence-corrected chi connectivity index (χ1v) is 20.0. The van der Waals surface area contributed by atoms with Crippen LogP contribution in [0.1, 0.15) is 33.4 Å². The molecule has 1 aliphatic rings. The number of ether oxygens (including phenoxy) is 1. The van der Waals surface area contributed by atoms with Gasteiger partial charge >= 0.3 is 23.5 Å². The maximum atomic E-state index is 12.6. The van der Waals surface area contributed by atoms with Gasteiger partial charge in [0.15, 0.2) is 22.8 Å². The van der Waals surface area contributed by atoms with Crippen LogP contribution in [0, 0.1) is 5.41 Å². The molecule has 0 spiro atoms. The molecule has 7 unspecified atom stereocenters. The number of nitrogens with zero attached hydrogens (tertiary/aromatic N) is 4. The van der Waals surface area contributed by atoms with Gasteiger partial charge in [0.25, 0.3) is 0 Å². The van der Waals surface area contributed by atoms with E-state index in [0.717, 1.165) is 29.0 Å². The number of hydrogen-bond acceptors (Lipinski definition) is 18. The van der Waals surface area contributed by atoms with Crippen molar-refractivity contribution in [1.29, 1.82) is 0 Å². The Bertz CT molecular complexity index is 1730. The van der Waals surface area contributed by atoms with E-state index in [1.165, 1.54) is 20.8 Å². The second kappa shape index (κ2) is 22.5. The summed E-state index contributed by atoms with van der Waals surface area (Å²) in [5.74, 6) is -1.08. The summed E-state index contributed by atoms with van der Waals surface area (Å²) in [7, 11) is -16.4. The number of anilines is 1. The van der Waals surface area contributed by atoms with Gasteiger partial charge in [0.1, 0.15) is 36.3 Å². The van der Waals surface area contributed by atoms with Crippen molar-refractivity contribution in [3.8, 4) is 0 Å². The molecule has 3 rings (SSSR count). The van der Waals surface area contributed by atoms with Crippen LogP contribution in [0.15, 0.2) is 12.7 Å². The molecule has 1 fully saturated rings. The smallest absolute Gasteiger partial charge is 0.386 e. The van der Waals surface area contributed by atoms with Gasteiger partial charge in [-0.1, -0.05) is 25.6 Å². The number of imidazole rings is 1. The summed E-state index contributed by atoms with van der Waals surface area (Å²) in [6.45, 7) is 1.90. The van der Waals surface area contributed by atoms with Crippen LogP contribution in [0.3, 0.4) is 0 Å². The average molecular weight is 830 g/mol. The second-order valence-corrected chi connectivity index (χ2v) is 16.9.